The van der Waals surface area contributed by atoms with Gasteiger partial charge in [-0.15, -0.1) is 0 Å². The van der Waals surface area contributed by atoms with E-state index < -0.39 is 0 Å². The third-order valence-corrected chi connectivity index (χ3v) is 0.333. The van der Waals surface area contributed by atoms with E-state index in [1.54, 1.807) is 0 Å². The molecule has 0 aliphatic rings. The van der Waals surface area contributed by atoms with E-state index in [1.165, 1.54) is 0 Å². The first-order valence-corrected chi connectivity index (χ1v) is 1.49. The highest BCUT2D eigenvalue weighted by Gasteiger charge is 1.34. The molecule has 0 rings (SSSR count). The lowest BCUT2D eigenvalue weighted by molar-refractivity contribution is 1.64. The molecule has 5 heavy (non-hydrogen) atoms. The van der Waals surface area contributed by atoms with Gasteiger partial charge >= 0.3 is 0 Å². The lowest BCUT2D eigenvalue weighted by atomic mass is 10.6. The molecule has 0 aromatic carbocycles. The Morgan fingerprint density at radius 1 is 1.00 bits per heavy atom. The van der Waals surface area contributed by atoms with Crippen molar-refractivity contribution < 1.29 is 0 Å². The molecule has 0 aromatic heterocycles. The van der Waals surface area contributed by atoms with Crippen molar-refractivity contribution >= 4 is 8.41 Å². The molecule has 0 aromatic rings. The van der Waals surface area contributed by atoms with Crippen LogP contribution in [-0.2, 0) is 0 Å². The largest absolute Gasteiger partial charge is 0.0919 e. The number of allylic oxidation sites excluding steroid dienone is 2. The molecule has 0 heterocycles. The van der Waals surface area contributed by atoms with Gasteiger partial charge in [-0.25, -0.2) is 0 Å². The van der Waals surface area contributed by atoms with Crippen LogP contribution in [0.25, 0.3) is 0 Å². The van der Waals surface area contributed by atoms with Gasteiger partial charge in [-0.3, -0.25) is 0 Å². The van der Waals surface area contributed by atoms with Gasteiger partial charge in [-0.05, 0) is 13.8 Å². The average molecular weight is 66.9 g/mol. The van der Waals surface area contributed by atoms with Crippen LogP contribution in [0, 0.1) is 0 Å². The summed E-state index contributed by atoms with van der Waals surface area (Å²) in [5, 5.41) is 0. The molecule has 3 radical (unpaired) electrons. The molecule has 0 aliphatic carbocycles. The molecule has 0 saturated heterocycles. The number of hydrogen-bond acceptors (Lipinski definition) is 0. The lowest BCUT2D eigenvalue weighted by Crippen LogP contribution is -1.26. The fourth-order valence-electron chi connectivity index (χ4n) is 0. The lowest BCUT2D eigenvalue weighted by Gasteiger charge is -1.49. The van der Waals surface area contributed by atoms with Crippen molar-refractivity contribution in [2.24, 2.45) is 0 Å². The summed E-state index contributed by atoms with van der Waals surface area (Å²) in [6, 6.07) is 0. The van der Waals surface area contributed by atoms with Crippen LogP contribution < -0.4 is 0 Å². The minimum absolute atomic E-state index is 0. The molecule has 0 atom stereocenters. The Labute approximate surface area is 35.5 Å². The highest BCUT2D eigenvalue weighted by molar-refractivity contribution is 5.75. The molecular weight excluding hydrogens is 58.9 g/mol. The standard InChI is InChI=1S/C4H8.B/c1-3-4-2;/h3-4H,1-2H3;/b4-3-;. The van der Waals surface area contributed by atoms with Crippen molar-refractivity contribution in [2.75, 3.05) is 0 Å². The first-order chi connectivity index (χ1) is 1.91. The monoisotopic (exact) mass is 67.1 g/mol. The van der Waals surface area contributed by atoms with Crippen molar-refractivity contribution in [1.82, 2.24) is 0 Å². The van der Waals surface area contributed by atoms with Gasteiger partial charge in [0.15, 0.2) is 0 Å². The van der Waals surface area contributed by atoms with Crippen LogP contribution in [0.5, 0.6) is 0 Å². The maximum Gasteiger partial charge on any atom is 0 e. The van der Waals surface area contributed by atoms with Crippen LogP contribution in [0.15, 0.2) is 12.2 Å². The van der Waals surface area contributed by atoms with Crippen LogP contribution in [-0.4, -0.2) is 8.41 Å². The Kier molecular flexibility index (Phi) is 16.2. The summed E-state index contributed by atoms with van der Waals surface area (Å²) in [4.78, 5) is 0. The maximum atomic E-state index is 2.00. The first kappa shape index (κ1) is 8.84. The van der Waals surface area contributed by atoms with Gasteiger partial charge < -0.3 is 0 Å². The first-order valence-electron chi connectivity index (χ1n) is 1.49. The molecular formula is C4H8B. The molecule has 0 fully saturated rings. The number of hydrogen-bond donors (Lipinski definition) is 0. The van der Waals surface area contributed by atoms with Gasteiger partial charge in [-0.1, -0.05) is 12.2 Å². The summed E-state index contributed by atoms with van der Waals surface area (Å²) >= 11 is 0. The van der Waals surface area contributed by atoms with Crippen LogP contribution in [0.3, 0.4) is 0 Å². The normalized spacial score (nSPS) is 7.60. The van der Waals surface area contributed by atoms with E-state index in [1.807, 2.05) is 26.0 Å². The van der Waals surface area contributed by atoms with Gasteiger partial charge in [0.2, 0.25) is 0 Å². The van der Waals surface area contributed by atoms with E-state index >= 15 is 0 Å². The minimum atomic E-state index is 0. The van der Waals surface area contributed by atoms with Crippen LogP contribution in [0.4, 0.5) is 0 Å². The molecule has 0 spiro atoms. The molecule has 0 amide bonds. The zero-order valence-electron chi connectivity index (χ0n) is 3.73. The Hall–Kier alpha value is -0.195. The summed E-state index contributed by atoms with van der Waals surface area (Å²) < 4.78 is 0. The van der Waals surface area contributed by atoms with Crippen molar-refractivity contribution in [2.45, 2.75) is 13.8 Å². The Morgan fingerprint density at radius 3 is 1.20 bits per heavy atom. The van der Waals surface area contributed by atoms with Gasteiger partial charge in [0.05, 0.1) is 0 Å². The third-order valence-electron chi connectivity index (χ3n) is 0.333. The van der Waals surface area contributed by atoms with Crippen molar-refractivity contribution in [3.8, 4) is 0 Å². The summed E-state index contributed by atoms with van der Waals surface area (Å²) in [6.07, 6.45) is 4.00. The molecule has 0 nitrogen and oxygen atoms in total. The fraction of sp³-hybridized carbons (Fsp3) is 0.500. The van der Waals surface area contributed by atoms with Crippen LogP contribution in [0.2, 0.25) is 0 Å². The zero-order chi connectivity index (χ0) is 3.41. The molecule has 1 heteroatoms. The van der Waals surface area contributed by atoms with E-state index in [-0.39, 0.29) is 8.41 Å². The van der Waals surface area contributed by atoms with Crippen molar-refractivity contribution in [3.63, 3.8) is 0 Å². The molecule has 27 valence electrons. The summed E-state index contributed by atoms with van der Waals surface area (Å²) in [5.74, 6) is 0. The highest BCUT2D eigenvalue weighted by atomic mass is 13.4. The quantitative estimate of drug-likeness (QED) is 0.295. The Morgan fingerprint density at radius 2 is 1.20 bits per heavy atom. The summed E-state index contributed by atoms with van der Waals surface area (Å²) in [5.41, 5.74) is 0. The fourth-order valence-corrected chi connectivity index (χ4v) is 0. The van der Waals surface area contributed by atoms with E-state index in [0.717, 1.165) is 0 Å². The van der Waals surface area contributed by atoms with Gasteiger partial charge in [-0.2, -0.15) is 0 Å². The summed E-state index contributed by atoms with van der Waals surface area (Å²) in [7, 11) is 0. The number of rotatable bonds is 0. The Balaban J connectivity index is 0. The second kappa shape index (κ2) is 9.19. The van der Waals surface area contributed by atoms with Crippen LogP contribution in [0.1, 0.15) is 13.8 Å². The molecule has 0 N–H and O–H groups in total. The SMILES string of the molecule is C/C=C\C.[B]. The van der Waals surface area contributed by atoms with E-state index in [0.29, 0.717) is 0 Å². The summed E-state index contributed by atoms with van der Waals surface area (Å²) in [6.45, 7) is 4.00. The molecule has 0 bridgehead atoms. The van der Waals surface area contributed by atoms with Crippen molar-refractivity contribution in [3.05, 3.63) is 12.2 Å². The highest BCUT2D eigenvalue weighted by Crippen LogP contribution is 1.57. The zero-order valence-corrected chi connectivity index (χ0v) is 3.73. The van der Waals surface area contributed by atoms with Crippen molar-refractivity contribution in [1.29, 1.82) is 0 Å². The predicted molar refractivity (Wildman–Crippen MR) is 26.2 cm³/mol. The maximum absolute atomic E-state index is 2.00. The van der Waals surface area contributed by atoms with Gasteiger partial charge in [0, 0.05) is 8.41 Å². The minimum Gasteiger partial charge on any atom is -0.0919 e. The third kappa shape index (κ3) is 19.1. The van der Waals surface area contributed by atoms with Gasteiger partial charge in [0.1, 0.15) is 0 Å². The second-order valence-electron chi connectivity index (χ2n) is 0.667. The smallest absolute Gasteiger partial charge is 0 e. The Bertz CT molecular complexity index is 18.8. The van der Waals surface area contributed by atoms with E-state index in [4.69, 9.17) is 0 Å². The van der Waals surface area contributed by atoms with E-state index in [9.17, 15) is 0 Å². The molecule has 0 unspecified atom stereocenters. The van der Waals surface area contributed by atoms with E-state index in [2.05, 4.69) is 0 Å². The molecule has 0 saturated carbocycles. The second-order valence-corrected chi connectivity index (χ2v) is 0.667. The molecule has 0 aliphatic heterocycles. The average Bonchev–Trinajstić information content (AvgIpc) is 1.37. The topological polar surface area (TPSA) is 0 Å². The predicted octanol–water partition coefficient (Wildman–Crippen LogP) is 1.20. The van der Waals surface area contributed by atoms with Crippen LogP contribution >= 0.6 is 0 Å². The van der Waals surface area contributed by atoms with Gasteiger partial charge in [0.25, 0.3) is 0 Å².